The summed E-state index contributed by atoms with van der Waals surface area (Å²) in [6.07, 6.45) is 0. The maximum absolute atomic E-state index is 11.8. The third-order valence-corrected chi connectivity index (χ3v) is 2.53. The number of nitrogens with zero attached hydrogens (tertiary/aromatic N) is 1. The molecule has 0 unspecified atom stereocenters. The van der Waals surface area contributed by atoms with Crippen molar-refractivity contribution in [1.82, 2.24) is 5.06 Å². The minimum absolute atomic E-state index is 0. The number of aromatic carboxylic acids is 1. The molecule has 6 nitrogen and oxygen atoms in total. The van der Waals surface area contributed by atoms with Crippen LogP contribution in [0.25, 0.3) is 0 Å². The number of benzene rings is 1. The van der Waals surface area contributed by atoms with Gasteiger partial charge < -0.3 is 16.1 Å². The van der Waals surface area contributed by atoms with Crippen LogP contribution in [0.4, 0.5) is 0 Å². The van der Waals surface area contributed by atoms with Crippen LogP contribution in [0.2, 0.25) is 0 Å². The van der Waals surface area contributed by atoms with Crippen LogP contribution in [0, 0.1) is 0 Å². The molecule has 98 valence electrons. The molecular weight excluding hydrogens is 277 g/mol. The fourth-order valence-electron chi connectivity index (χ4n) is 1.59. The Balaban J connectivity index is 0.00000180. The fraction of sp³-hybridized carbons (Fsp3) is 0.333. The Labute approximate surface area is 154 Å². The fourth-order valence-corrected chi connectivity index (χ4v) is 1.59. The van der Waals surface area contributed by atoms with Gasteiger partial charge in [0.2, 0.25) is 0 Å². The van der Waals surface area contributed by atoms with Gasteiger partial charge in [0.1, 0.15) is 0 Å². The predicted octanol–water partition coefficient (Wildman–Crippen LogP) is -2.09. The van der Waals surface area contributed by atoms with Gasteiger partial charge in [0.15, 0.2) is 0 Å². The summed E-state index contributed by atoms with van der Waals surface area (Å²) in [5, 5.41) is 10.3. The van der Waals surface area contributed by atoms with Gasteiger partial charge in [-0.3, -0.25) is 0 Å². The Hall–Kier alpha value is -0.284. The smallest absolute Gasteiger partial charge is 1.00 e. The Bertz CT molecular complexity index is 465. The number of rotatable bonds is 3. The third kappa shape index (κ3) is 4.96. The number of hydrogen-bond donors (Lipinski definition) is 1. The summed E-state index contributed by atoms with van der Waals surface area (Å²) in [6.45, 7) is 2.07. The first-order valence-corrected chi connectivity index (χ1v) is 5.55. The van der Waals surface area contributed by atoms with E-state index in [0.29, 0.717) is 26.3 Å². The maximum Gasteiger partial charge on any atom is 1.00 e. The second-order valence-electron chi connectivity index (χ2n) is 3.81. The first-order chi connectivity index (χ1) is 8.66. The molecule has 0 aliphatic carbocycles. The average Bonchev–Trinajstić information content (AvgIpc) is 2.40. The quantitative estimate of drug-likeness (QED) is 0.643. The van der Waals surface area contributed by atoms with Gasteiger partial charge in [0, 0.05) is 0 Å². The maximum atomic E-state index is 11.8. The molecule has 1 saturated heterocycles. The standard InChI is InChI=1S/C12H13NO5.K.H/c14-11(15)9-2-1-3-10(8-9)12(16)18-13-4-6-17-7-5-13;;/h1-3,8H,4-7H2,(H,14,15);;/q;+1;-1. The number of hydroxylamine groups is 2. The topological polar surface area (TPSA) is 76.1 Å². The summed E-state index contributed by atoms with van der Waals surface area (Å²) in [4.78, 5) is 27.7. The van der Waals surface area contributed by atoms with Gasteiger partial charge in [-0.1, -0.05) is 6.07 Å². The van der Waals surface area contributed by atoms with E-state index in [2.05, 4.69) is 0 Å². The third-order valence-electron chi connectivity index (χ3n) is 2.53. The van der Waals surface area contributed by atoms with E-state index in [0.717, 1.165) is 0 Å². The van der Waals surface area contributed by atoms with Gasteiger partial charge >= 0.3 is 63.3 Å². The van der Waals surface area contributed by atoms with E-state index in [1.807, 2.05) is 0 Å². The van der Waals surface area contributed by atoms with Crippen molar-refractivity contribution in [2.24, 2.45) is 0 Å². The normalized spacial score (nSPS) is 15.4. The molecule has 2 rings (SSSR count). The van der Waals surface area contributed by atoms with Gasteiger partial charge in [-0.15, -0.1) is 5.06 Å². The van der Waals surface area contributed by atoms with Crippen molar-refractivity contribution in [3.63, 3.8) is 0 Å². The molecule has 1 N–H and O–H groups in total. The molecular formula is C12H14KNO5. The van der Waals surface area contributed by atoms with Gasteiger partial charge in [0.05, 0.1) is 37.4 Å². The molecule has 0 radical (unpaired) electrons. The van der Waals surface area contributed by atoms with E-state index in [9.17, 15) is 9.59 Å². The van der Waals surface area contributed by atoms with E-state index in [-0.39, 0.29) is 63.9 Å². The minimum Gasteiger partial charge on any atom is -1.00 e. The Kier molecular flexibility index (Phi) is 7.15. The molecule has 7 heteroatoms. The van der Waals surface area contributed by atoms with E-state index in [1.54, 1.807) is 0 Å². The number of carboxylic acid groups (broad SMARTS) is 1. The average molecular weight is 291 g/mol. The van der Waals surface area contributed by atoms with Crippen molar-refractivity contribution < 1.29 is 77.1 Å². The minimum atomic E-state index is -1.07. The molecule has 0 spiro atoms. The van der Waals surface area contributed by atoms with E-state index in [1.165, 1.54) is 29.3 Å². The van der Waals surface area contributed by atoms with Gasteiger partial charge in [-0.05, 0) is 18.2 Å². The van der Waals surface area contributed by atoms with Crippen molar-refractivity contribution in [2.75, 3.05) is 26.3 Å². The zero-order chi connectivity index (χ0) is 13.0. The zero-order valence-corrected chi connectivity index (χ0v) is 13.8. The first-order valence-electron chi connectivity index (χ1n) is 5.55. The first kappa shape index (κ1) is 16.8. The van der Waals surface area contributed by atoms with Crippen molar-refractivity contribution >= 4 is 11.9 Å². The molecule has 19 heavy (non-hydrogen) atoms. The molecule has 0 atom stereocenters. The largest absolute Gasteiger partial charge is 1.00 e. The van der Waals surface area contributed by atoms with Crippen LogP contribution in [0.15, 0.2) is 24.3 Å². The summed E-state index contributed by atoms with van der Waals surface area (Å²) in [5.74, 6) is -1.63. The molecule has 1 aliphatic rings. The second-order valence-corrected chi connectivity index (χ2v) is 3.81. The predicted molar refractivity (Wildman–Crippen MR) is 62.3 cm³/mol. The Morgan fingerprint density at radius 2 is 1.89 bits per heavy atom. The summed E-state index contributed by atoms with van der Waals surface area (Å²) in [5.41, 5.74) is 0.285. The van der Waals surface area contributed by atoms with Crippen molar-refractivity contribution in [1.29, 1.82) is 0 Å². The Morgan fingerprint density at radius 1 is 1.26 bits per heavy atom. The molecule has 1 aromatic rings. The number of carboxylic acids is 1. The zero-order valence-electron chi connectivity index (χ0n) is 11.7. The van der Waals surface area contributed by atoms with Gasteiger partial charge in [-0.25, -0.2) is 9.59 Å². The van der Waals surface area contributed by atoms with Crippen LogP contribution >= 0.6 is 0 Å². The summed E-state index contributed by atoms with van der Waals surface area (Å²) >= 11 is 0. The molecule has 0 bridgehead atoms. The van der Waals surface area contributed by atoms with Crippen LogP contribution in [0.3, 0.4) is 0 Å². The summed E-state index contributed by atoms with van der Waals surface area (Å²) in [6, 6.07) is 5.76. The summed E-state index contributed by atoms with van der Waals surface area (Å²) in [7, 11) is 0. The van der Waals surface area contributed by atoms with Crippen LogP contribution in [0.1, 0.15) is 22.1 Å². The van der Waals surface area contributed by atoms with Gasteiger partial charge in [-0.2, -0.15) is 0 Å². The van der Waals surface area contributed by atoms with Crippen molar-refractivity contribution in [3.8, 4) is 0 Å². The molecule has 0 aromatic heterocycles. The number of ether oxygens (including phenoxy) is 1. The van der Waals surface area contributed by atoms with Crippen molar-refractivity contribution in [2.45, 2.75) is 0 Å². The molecule has 1 aliphatic heterocycles. The van der Waals surface area contributed by atoms with E-state index in [4.69, 9.17) is 14.7 Å². The monoisotopic (exact) mass is 291 g/mol. The van der Waals surface area contributed by atoms with Crippen LogP contribution in [-0.4, -0.2) is 48.4 Å². The number of hydrogen-bond acceptors (Lipinski definition) is 5. The number of carbonyl (C=O) groups is 2. The SMILES string of the molecule is O=C(O)c1cccc(C(=O)ON2CCOCC2)c1.[H-].[K+]. The molecule has 0 amide bonds. The van der Waals surface area contributed by atoms with Crippen LogP contribution in [0.5, 0.6) is 0 Å². The molecule has 1 fully saturated rings. The van der Waals surface area contributed by atoms with Crippen LogP contribution < -0.4 is 51.4 Å². The Morgan fingerprint density at radius 3 is 2.53 bits per heavy atom. The molecule has 1 heterocycles. The number of morpholine rings is 1. The van der Waals surface area contributed by atoms with Crippen molar-refractivity contribution in [3.05, 3.63) is 35.4 Å². The van der Waals surface area contributed by atoms with Crippen LogP contribution in [-0.2, 0) is 9.57 Å². The summed E-state index contributed by atoms with van der Waals surface area (Å²) < 4.78 is 5.13. The van der Waals surface area contributed by atoms with E-state index < -0.39 is 11.9 Å². The molecule has 1 aromatic carbocycles. The van der Waals surface area contributed by atoms with Gasteiger partial charge in [0.25, 0.3) is 0 Å². The van der Waals surface area contributed by atoms with E-state index >= 15 is 0 Å². The second kappa shape index (κ2) is 8.10. The number of carbonyl (C=O) groups excluding carboxylic acids is 1. The molecule has 0 saturated carbocycles.